The van der Waals surface area contributed by atoms with Gasteiger partial charge in [-0.3, -0.25) is 4.99 Å². The van der Waals surface area contributed by atoms with E-state index in [1.807, 2.05) is 31.2 Å². The molecule has 7 heteroatoms. The molecule has 0 radical (unpaired) electrons. The van der Waals surface area contributed by atoms with Crippen LogP contribution in [-0.2, 0) is 4.74 Å². The van der Waals surface area contributed by atoms with Gasteiger partial charge < -0.3 is 24.8 Å². The Kier molecular flexibility index (Phi) is 7.61. The van der Waals surface area contributed by atoms with Gasteiger partial charge in [-0.1, -0.05) is 6.07 Å². The molecule has 1 aromatic carbocycles. The molecule has 4 unspecified atom stereocenters. The summed E-state index contributed by atoms with van der Waals surface area (Å²) in [6.07, 6.45) is 4.18. The highest BCUT2D eigenvalue weighted by Gasteiger charge is 2.41. The second-order valence-electron chi connectivity index (χ2n) is 6.42. The third kappa shape index (κ3) is 5.37. The largest absolute Gasteiger partial charge is 0.497 e. The van der Waals surface area contributed by atoms with Gasteiger partial charge in [0.15, 0.2) is 5.96 Å². The van der Waals surface area contributed by atoms with Crippen LogP contribution < -0.4 is 20.1 Å². The van der Waals surface area contributed by atoms with Crippen molar-refractivity contribution < 1.29 is 14.2 Å². The van der Waals surface area contributed by atoms with Crippen LogP contribution in [0.1, 0.15) is 26.2 Å². The van der Waals surface area contributed by atoms with Gasteiger partial charge in [-0.05, 0) is 38.3 Å². The monoisotopic (exact) mass is 461 g/mol. The normalized spacial score (nSPS) is 25.9. The highest BCUT2D eigenvalue weighted by molar-refractivity contribution is 14.0. The number of nitrogens with one attached hydrogen (secondary N) is 2. The third-order valence-electron chi connectivity index (χ3n) is 4.59. The van der Waals surface area contributed by atoms with E-state index < -0.39 is 0 Å². The summed E-state index contributed by atoms with van der Waals surface area (Å²) in [5.74, 6) is 2.40. The molecule has 2 fully saturated rings. The molecule has 25 heavy (non-hydrogen) atoms. The van der Waals surface area contributed by atoms with Crippen LogP contribution in [0, 0.1) is 0 Å². The van der Waals surface area contributed by atoms with Gasteiger partial charge in [-0.25, -0.2) is 0 Å². The molecule has 2 bridgehead atoms. The Morgan fingerprint density at radius 3 is 2.80 bits per heavy atom. The fourth-order valence-electron chi connectivity index (χ4n) is 3.35. The molecule has 4 atom stereocenters. The van der Waals surface area contributed by atoms with E-state index in [0.717, 1.165) is 30.3 Å². The minimum Gasteiger partial charge on any atom is -0.497 e. The van der Waals surface area contributed by atoms with Crippen molar-refractivity contribution >= 4 is 29.9 Å². The van der Waals surface area contributed by atoms with E-state index in [-0.39, 0.29) is 30.1 Å². The zero-order valence-corrected chi connectivity index (χ0v) is 17.4. The topological polar surface area (TPSA) is 64.1 Å². The summed E-state index contributed by atoms with van der Waals surface area (Å²) in [5.41, 5.74) is 0. The van der Waals surface area contributed by atoms with Crippen LogP contribution in [0.15, 0.2) is 29.3 Å². The molecule has 0 spiro atoms. The lowest BCUT2D eigenvalue weighted by Crippen LogP contribution is -2.49. The first-order chi connectivity index (χ1) is 11.7. The van der Waals surface area contributed by atoms with E-state index in [1.165, 1.54) is 6.42 Å². The summed E-state index contributed by atoms with van der Waals surface area (Å²) in [5, 5.41) is 6.80. The van der Waals surface area contributed by atoms with Crippen LogP contribution in [-0.4, -0.2) is 51.0 Å². The zero-order valence-electron chi connectivity index (χ0n) is 15.0. The van der Waals surface area contributed by atoms with Crippen molar-refractivity contribution in [1.82, 2.24) is 10.6 Å². The molecule has 0 aromatic heterocycles. The van der Waals surface area contributed by atoms with Crippen molar-refractivity contribution in [2.24, 2.45) is 4.99 Å². The minimum atomic E-state index is 0. The highest BCUT2D eigenvalue weighted by atomic mass is 127. The quantitative estimate of drug-likeness (QED) is 0.388. The van der Waals surface area contributed by atoms with Crippen molar-refractivity contribution in [1.29, 1.82) is 0 Å². The van der Waals surface area contributed by atoms with Crippen LogP contribution in [0.3, 0.4) is 0 Å². The number of rotatable bonds is 6. The maximum Gasteiger partial charge on any atom is 0.191 e. The number of benzene rings is 1. The maximum absolute atomic E-state index is 5.92. The number of fused-ring (bicyclic) bond motifs is 2. The summed E-state index contributed by atoms with van der Waals surface area (Å²) in [6.45, 7) is 2.69. The van der Waals surface area contributed by atoms with Crippen LogP contribution in [0.25, 0.3) is 0 Å². The Morgan fingerprint density at radius 1 is 1.36 bits per heavy atom. The third-order valence-corrected chi connectivity index (χ3v) is 4.59. The van der Waals surface area contributed by atoms with Gasteiger partial charge >= 0.3 is 0 Å². The number of hydrogen-bond acceptors (Lipinski definition) is 4. The van der Waals surface area contributed by atoms with Crippen molar-refractivity contribution in [3.63, 3.8) is 0 Å². The summed E-state index contributed by atoms with van der Waals surface area (Å²) < 4.78 is 17.0. The van der Waals surface area contributed by atoms with Crippen LogP contribution >= 0.6 is 24.0 Å². The molecule has 2 N–H and O–H groups in total. The second-order valence-corrected chi connectivity index (χ2v) is 6.42. The van der Waals surface area contributed by atoms with Gasteiger partial charge in [0.1, 0.15) is 17.6 Å². The van der Waals surface area contributed by atoms with Gasteiger partial charge in [0, 0.05) is 13.1 Å². The molecule has 1 aromatic rings. The first kappa shape index (κ1) is 20.1. The van der Waals surface area contributed by atoms with Gasteiger partial charge in [0.05, 0.1) is 31.9 Å². The molecule has 0 aliphatic carbocycles. The minimum absolute atomic E-state index is 0. The number of aliphatic imine (C=N–C) groups is 1. The molecule has 2 aliphatic heterocycles. The van der Waals surface area contributed by atoms with Gasteiger partial charge in [-0.2, -0.15) is 0 Å². The van der Waals surface area contributed by atoms with E-state index in [9.17, 15) is 0 Å². The lowest BCUT2D eigenvalue weighted by molar-refractivity contribution is 0.0992. The predicted molar refractivity (Wildman–Crippen MR) is 109 cm³/mol. The highest BCUT2D eigenvalue weighted by Crippen LogP contribution is 2.34. The molecule has 0 saturated carbocycles. The number of guanidine groups is 1. The van der Waals surface area contributed by atoms with Crippen LogP contribution in [0.2, 0.25) is 0 Å². The zero-order chi connectivity index (χ0) is 16.9. The molecular formula is C18H28IN3O3. The lowest BCUT2D eigenvalue weighted by atomic mass is 9.96. The average molecular weight is 461 g/mol. The summed E-state index contributed by atoms with van der Waals surface area (Å²) in [4.78, 5) is 4.30. The Labute approximate surface area is 166 Å². The molecule has 2 aliphatic rings. The standard InChI is InChI=1S/C18H27N3O3.HI/c1-12(23-14-6-4-5-13(9-14)22-3)11-20-18(19-2)21-16-10-15-7-8-17(16)24-15;/h4-6,9,12,15-17H,7-8,10-11H2,1-3H3,(H2,19,20,21);1H. The lowest BCUT2D eigenvalue weighted by Gasteiger charge is -2.24. The van der Waals surface area contributed by atoms with Crippen molar-refractivity contribution in [3.8, 4) is 11.5 Å². The van der Waals surface area contributed by atoms with Crippen molar-refractivity contribution in [2.45, 2.75) is 50.5 Å². The molecule has 2 heterocycles. The van der Waals surface area contributed by atoms with E-state index in [0.29, 0.717) is 24.8 Å². The number of nitrogens with zero attached hydrogens (tertiary/aromatic N) is 1. The average Bonchev–Trinajstić information content (AvgIpc) is 3.21. The molecule has 0 amide bonds. The molecule has 6 nitrogen and oxygen atoms in total. The van der Waals surface area contributed by atoms with Crippen LogP contribution in [0.4, 0.5) is 0 Å². The van der Waals surface area contributed by atoms with E-state index in [2.05, 4.69) is 15.6 Å². The molecular weight excluding hydrogens is 433 g/mol. The molecule has 2 saturated heterocycles. The van der Waals surface area contributed by atoms with E-state index in [4.69, 9.17) is 14.2 Å². The summed E-state index contributed by atoms with van der Waals surface area (Å²) >= 11 is 0. The SMILES string of the molecule is CN=C(NCC(C)Oc1cccc(OC)c1)NC1CC2CCC1O2.I. The first-order valence-electron chi connectivity index (χ1n) is 8.61. The van der Waals surface area contributed by atoms with E-state index in [1.54, 1.807) is 14.2 Å². The fourth-order valence-corrected chi connectivity index (χ4v) is 3.35. The smallest absolute Gasteiger partial charge is 0.191 e. The Balaban J connectivity index is 0.00000225. The van der Waals surface area contributed by atoms with Crippen molar-refractivity contribution in [2.75, 3.05) is 20.7 Å². The Morgan fingerprint density at radius 2 is 2.16 bits per heavy atom. The number of halogens is 1. The summed E-state index contributed by atoms with van der Waals surface area (Å²) in [6, 6.07) is 8.00. The fraction of sp³-hybridized carbons (Fsp3) is 0.611. The Hall–Kier alpha value is -1.22. The maximum atomic E-state index is 5.92. The van der Waals surface area contributed by atoms with E-state index >= 15 is 0 Å². The van der Waals surface area contributed by atoms with Gasteiger partial charge in [-0.15, -0.1) is 24.0 Å². The molecule has 3 rings (SSSR count). The van der Waals surface area contributed by atoms with Gasteiger partial charge in [0.25, 0.3) is 0 Å². The van der Waals surface area contributed by atoms with Crippen LogP contribution in [0.5, 0.6) is 11.5 Å². The number of methoxy groups -OCH3 is 1. The molecule has 140 valence electrons. The van der Waals surface area contributed by atoms with Crippen molar-refractivity contribution in [3.05, 3.63) is 24.3 Å². The Bertz CT molecular complexity index is 584. The predicted octanol–water partition coefficient (Wildman–Crippen LogP) is 2.57. The first-order valence-corrected chi connectivity index (χ1v) is 8.61. The summed E-state index contributed by atoms with van der Waals surface area (Å²) in [7, 11) is 3.44. The van der Waals surface area contributed by atoms with Gasteiger partial charge in [0.2, 0.25) is 0 Å². The number of hydrogen-bond donors (Lipinski definition) is 2. The number of ether oxygens (including phenoxy) is 3. The second kappa shape index (κ2) is 9.47.